The molecule has 33 heavy (non-hydrogen) atoms. The van der Waals surface area contributed by atoms with Crippen molar-refractivity contribution < 1.29 is 24.5 Å². The number of aromatic hydroxyl groups is 1. The number of aliphatic hydroxyl groups is 1. The number of rotatable bonds is 13. The van der Waals surface area contributed by atoms with Gasteiger partial charge >= 0.3 is 0 Å². The van der Waals surface area contributed by atoms with Gasteiger partial charge in [0.15, 0.2) is 11.6 Å². The van der Waals surface area contributed by atoms with Crippen LogP contribution in [-0.4, -0.2) is 35.0 Å². The highest BCUT2D eigenvalue weighted by Crippen LogP contribution is 2.28. The Labute approximate surface area is 198 Å². The van der Waals surface area contributed by atoms with Gasteiger partial charge in [0.1, 0.15) is 17.6 Å². The van der Waals surface area contributed by atoms with Crippen LogP contribution in [0.5, 0.6) is 11.5 Å². The largest absolute Gasteiger partial charge is 0.507 e. The highest BCUT2D eigenvalue weighted by atomic mass is 16.5. The molecule has 0 aliphatic carbocycles. The van der Waals surface area contributed by atoms with Crippen LogP contribution >= 0.6 is 0 Å². The van der Waals surface area contributed by atoms with Crippen molar-refractivity contribution in [1.82, 2.24) is 0 Å². The fraction of sp³-hybridized carbons (Fsp3) is 0.500. The highest BCUT2D eigenvalue weighted by molar-refractivity contribution is 5.92. The van der Waals surface area contributed by atoms with Crippen LogP contribution in [0.1, 0.15) is 71.4 Å². The van der Waals surface area contributed by atoms with Gasteiger partial charge < -0.3 is 14.9 Å². The van der Waals surface area contributed by atoms with E-state index in [1.54, 1.807) is 25.3 Å². The molecule has 5 nitrogen and oxygen atoms in total. The number of ether oxygens (including phenoxy) is 1. The molecular formula is C28H40O5. The van der Waals surface area contributed by atoms with Gasteiger partial charge in [0.05, 0.1) is 7.11 Å². The molecule has 1 rings (SSSR count). The fourth-order valence-electron chi connectivity index (χ4n) is 3.64. The first-order chi connectivity index (χ1) is 15.4. The molecule has 0 aliphatic rings. The Bertz CT molecular complexity index is 916. The minimum atomic E-state index is -1.04. The Balaban J connectivity index is 2.56. The molecule has 1 aromatic rings. The van der Waals surface area contributed by atoms with E-state index in [0.29, 0.717) is 25.0 Å². The zero-order chi connectivity index (χ0) is 25.1. The van der Waals surface area contributed by atoms with Gasteiger partial charge in [-0.05, 0) is 84.1 Å². The number of carbonyl (C=O) groups excluding carboxylic acids is 2. The Morgan fingerprint density at radius 3 is 2.39 bits per heavy atom. The number of hydrogen-bond acceptors (Lipinski definition) is 5. The number of benzene rings is 1. The third kappa shape index (κ3) is 10.2. The predicted octanol–water partition coefficient (Wildman–Crippen LogP) is 5.81. The van der Waals surface area contributed by atoms with E-state index in [4.69, 9.17) is 4.74 Å². The Hall–Kier alpha value is -2.66. The lowest BCUT2D eigenvalue weighted by Crippen LogP contribution is -2.25. The number of allylic oxidation sites excluding steroid dienone is 5. The molecular weight excluding hydrogens is 416 g/mol. The molecule has 2 atom stereocenters. The Morgan fingerprint density at radius 1 is 1.12 bits per heavy atom. The zero-order valence-electron chi connectivity index (χ0n) is 21.2. The summed E-state index contributed by atoms with van der Waals surface area (Å²) < 4.78 is 5.27. The average Bonchev–Trinajstić information content (AvgIpc) is 2.73. The Morgan fingerprint density at radius 2 is 1.79 bits per heavy atom. The SMILES string of the molecule is COc1cc(C)c(O)c(CC=C(C)CC(=O)C=C(C)CCC[C@@H](C)C(=O)[C@H](O)C=C(C)C)c1. The summed E-state index contributed by atoms with van der Waals surface area (Å²) in [4.78, 5) is 24.6. The monoisotopic (exact) mass is 456 g/mol. The average molecular weight is 457 g/mol. The van der Waals surface area contributed by atoms with Crippen molar-refractivity contribution in [2.75, 3.05) is 7.11 Å². The zero-order valence-corrected chi connectivity index (χ0v) is 21.2. The first kappa shape index (κ1) is 28.4. The molecule has 0 saturated heterocycles. The van der Waals surface area contributed by atoms with E-state index in [2.05, 4.69) is 0 Å². The van der Waals surface area contributed by atoms with Gasteiger partial charge in [-0.15, -0.1) is 0 Å². The van der Waals surface area contributed by atoms with Gasteiger partial charge in [-0.25, -0.2) is 0 Å². The van der Waals surface area contributed by atoms with E-state index in [1.165, 1.54) is 0 Å². The van der Waals surface area contributed by atoms with Gasteiger partial charge in [0.2, 0.25) is 0 Å². The molecule has 0 aromatic heterocycles. The van der Waals surface area contributed by atoms with Crippen molar-refractivity contribution in [3.63, 3.8) is 0 Å². The second-order valence-electron chi connectivity index (χ2n) is 9.22. The van der Waals surface area contributed by atoms with Gasteiger partial charge in [-0.3, -0.25) is 9.59 Å². The van der Waals surface area contributed by atoms with Crippen molar-refractivity contribution >= 4 is 11.6 Å². The molecule has 0 spiro atoms. The molecule has 182 valence electrons. The summed E-state index contributed by atoms with van der Waals surface area (Å²) in [6.07, 6.45) is 7.22. The number of Topliss-reactive ketones (excluding diaryl/α,β-unsaturated/α-hetero) is 1. The number of phenols is 1. The van der Waals surface area contributed by atoms with E-state index < -0.39 is 6.10 Å². The van der Waals surface area contributed by atoms with Crippen LogP contribution in [0.4, 0.5) is 0 Å². The highest BCUT2D eigenvalue weighted by Gasteiger charge is 2.19. The van der Waals surface area contributed by atoms with E-state index in [1.807, 2.05) is 53.7 Å². The molecule has 0 unspecified atom stereocenters. The smallest absolute Gasteiger partial charge is 0.167 e. The maximum atomic E-state index is 12.4. The lowest BCUT2D eigenvalue weighted by atomic mass is 9.94. The topological polar surface area (TPSA) is 83.8 Å². The van der Waals surface area contributed by atoms with Crippen molar-refractivity contribution in [1.29, 1.82) is 0 Å². The summed E-state index contributed by atoms with van der Waals surface area (Å²) in [5.74, 6) is 0.606. The van der Waals surface area contributed by atoms with Gasteiger partial charge in [0, 0.05) is 17.9 Å². The van der Waals surface area contributed by atoms with E-state index in [-0.39, 0.29) is 23.2 Å². The normalized spacial score (nSPS) is 13.9. The van der Waals surface area contributed by atoms with Crippen LogP contribution in [0.2, 0.25) is 0 Å². The summed E-state index contributed by atoms with van der Waals surface area (Å²) >= 11 is 0. The summed E-state index contributed by atoms with van der Waals surface area (Å²) in [5, 5.41) is 20.2. The second kappa shape index (κ2) is 13.8. The van der Waals surface area contributed by atoms with Crippen LogP contribution in [0.3, 0.4) is 0 Å². The molecule has 0 radical (unpaired) electrons. The van der Waals surface area contributed by atoms with Crippen LogP contribution in [0.15, 0.2) is 47.1 Å². The van der Waals surface area contributed by atoms with Crippen LogP contribution < -0.4 is 4.74 Å². The fourth-order valence-corrected chi connectivity index (χ4v) is 3.64. The van der Waals surface area contributed by atoms with Crippen molar-refractivity contribution in [3.8, 4) is 11.5 Å². The predicted molar refractivity (Wildman–Crippen MR) is 134 cm³/mol. The maximum Gasteiger partial charge on any atom is 0.167 e. The van der Waals surface area contributed by atoms with Crippen LogP contribution in [-0.2, 0) is 16.0 Å². The molecule has 0 heterocycles. The maximum absolute atomic E-state index is 12.4. The third-order valence-corrected chi connectivity index (χ3v) is 5.60. The number of ketones is 2. The minimum absolute atomic E-state index is 0.0374. The molecule has 0 amide bonds. The number of phenolic OH excluding ortho intramolecular Hbond substituents is 1. The second-order valence-corrected chi connectivity index (χ2v) is 9.22. The third-order valence-electron chi connectivity index (χ3n) is 5.60. The molecule has 0 bridgehead atoms. The molecule has 1 aromatic carbocycles. The van der Waals surface area contributed by atoms with E-state index in [0.717, 1.165) is 40.7 Å². The Kier molecular flexibility index (Phi) is 11.9. The lowest BCUT2D eigenvalue weighted by molar-refractivity contribution is -0.128. The summed E-state index contributed by atoms with van der Waals surface area (Å²) in [5.41, 5.74) is 4.37. The van der Waals surface area contributed by atoms with Crippen molar-refractivity contribution in [2.45, 2.75) is 79.8 Å². The molecule has 5 heteroatoms. The first-order valence-corrected chi connectivity index (χ1v) is 11.5. The quantitative estimate of drug-likeness (QED) is 0.289. The number of carbonyl (C=O) groups is 2. The molecule has 0 saturated carbocycles. The van der Waals surface area contributed by atoms with Gasteiger partial charge in [-0.2, -0.15) is 0 Å². The number of aliphatic hydroxyl groups excluding tert-OH is 1. The first-order valence-electron chi connectivity index (χ1n) is 11.5. The van der Waals surface area contributed by atoms with Crippen LogP contribution in [0.25, 0.3) is 0 Å². The number of hydrogen-bond donors (Lipinski definition) is 2. The van der Waals surface area contributed by atoms with Gasteiger partial charge in [-0.1, -0.05) is 35.8 Å². The van der Waals surface area contributed by atoms with Crippen molar-refractivity contribution in [3.05, 3.63) is 58.2 Å². The molecule has 0 fully saturated rings. The summed E-state index contributed by atoms with van der Waals surface area (Å²) in [6.45, 7) is 11.2. The lowest BCUT2D eigenvalue weighted by Gasteiger charge is -2.13. The standard InChI is InChI=1S/C28H40O5/c1-18(2)13-26(30)28(32)21(5)10-8-9-19(3)14-24(29)15-20(4)11-12-23-17-25(33-7)16-22(6)27(23)31/h11,13-14,16-17,21,26,30-31H,8-10,12,15H2,1-7H3/t21-,26-/m1/s1. The van der Waals surface area contributed by atoms with E-state index >= 15 is 0 Å². The van der Waals surface area contributed by atoms with E-state index in [9.17, 15) is 19.8 Å². The number of methoxy groups -OCH3 is 1. The molecule has 2 N–H and O–H groups in total. The van der Waals surface area contributed by atoms with Gasteiger partial charge in [0.25, 0.3) is 0 Å². The van der Waals surface area contributed by atoms with Crippen LogP contribution in [0, 0.1) is 12.8 Å². The number of aryl methyl sites for hydroxylation is 1. The molecule has 0 aliphatic heterocycles. The van der Waals surface area contributed by atoms with Crippen molar-refractivity contribution in [2.24, 2.45) is 5.92 Å². The summed E-state index contributed by atoms with van der Waals surface area (Å²) in [7, 11) is 1.59. The minimum Gasteiger partial charge on any atom is -0.507 e. The summed E-state index contributed by atoms with van der Waals surface area (Å²) in [6, 6.07) is 3.59.